The number of nitrogens with zero attached hydrogens (tertiary/aromatic N) is 1. The number of rotatable bonds is 6. The van der Waals surface area contributed by atoms with E-state index in [0.717, 1.165) is 22.2 Å². The third kappa shape index (κ3) is 3.33. The van der Waals surface area contributed by atoms with Crippen LogP contribution in [0.25, 0.3) is 22.2 Å². The standard InChI is InChI=1S/C21H21NO3/c1-3-9-19(24)25-14-18(23)20-16-12-7-8-13-17(16)22(2)21(20)15-10-5-4-6-11-15/h4-8,10-13H,3,9,14H2,1-2H3. The minimum absolute atomic E-state index is 0.180. The molecule has 3 rings (SSSR count). The molecule has 3 aromatic rings. The lowest BCUT2D eigenvalue weighted by Gasteiger charge is -2.08. The van der Waals surface area contributed by atoms with Gasteiger partial charge in [0.2, 0.25) is 5.78 Å². The molecule has 0 N–H and O–H groups in total. The highest BCUT2D eigenvalue weighted by molar-refractivity contribution is 6.14. The number of para-hydroxylation sites is 1. The van der Waals surface area contributed by atoms with Gasteiger partial charge in [0.25, 0.3) is 0 Å². The molecule has 0 spiro atoms. The Morgan fingerprint density at radius 2 is 1.68 bits per heavy atom. The van der Waals surface area contributed by atoms with Crippen LogP contribution in [0.15, 0.2) is 54.6 Å². The number of carbonyl (C=O) groups is 2. The van der Waals surface area contributed by atoms with Crippen LogP contribution >= 0.6 is 0 Å². The van der Waals surface area contributed by atoms with Crippen LogP contribution in [0.3, 0.4) is 0 Å². The highest BCUT2D eigenvalue weighted by Gasteiger charge is 2.22. The largest absolute Gasteiger partial charge is 0.457 e. The number of fused-ring (bicyclic) bond motifs is 1. The second-order valence-corrected chi connectivity index (χ2v) is 6.00. The molecular formula is C21H21NO3. The molecule has 1 heterocycles. The predicted molar refractivity (Wildman–Crippen MR) is 98.6 cm³/mol. The Balaban J connectivity index is 2.07. The van der Waals surface area contributed by atoms with E-state index in [-0.39, 0.29) is 18.4 Å². The Morgan fingerprint density at radius 1 is 1.00 bits per heavy atom. The Labute approximate surface area is 147 Å². The topological polar surface area (TPSA) is 48.3 Å². The molecule has 0 unspecified atom stereocenters. The van der Waals surface area contributed by atoms with Gasteiger partial charge in [0.05, 0.1) is 11.3 Å². The van der Waals surface area contributed by atoms with Gasteiger partial charge in [0.1, 0.15) is 0 Å². The summed E-state index contributed by atoms with van der Waals surface area (Å²) in [5.74, 6) is -0.516. The van der Waals surface area contributed by atoms with E-state index in [0.29, 0.717) is 18.4 Å². The van der Waals surface area contributed by atoms with Crippen LogP contribution in [0.5, 0.6) is 0 Å². The van der Waals surface area contributed by atoms with E-state index >= 15 is 0 Å². The van der Waals surface area contributed by atoms with Crippen molar-refractivity contribution < 1.29 is 14.3 Å². The van der Waals surface area contributed by atoms with Crippen molar-refractivity contribution in [1.29, 1.82) is 0 Å². The Morgan fingerprint density at radius 3 is 2.40 bits per heavy atom. The van der Waals surface area contributed by atoms with Crippen molar-refractivity contribution in [2.24, 2.45) is 7.05 Å². The lowest BCUT2D eigenvalue weighted by atomic mass is 10.0. The lowest BCUT2D eigenvalue weighted by Crippen LogP contribution is -2.14. The summed E-state index contributed by atoms with van der Waals surface area (Å²) < 4.78 is 7.17. The number of benzene rings is 2. The normalized spacial score (nSPS) is 10.8. The summed E-state index contributed by atoms with van der Waals surface area (Å²) in [6, 6.07) is 17.6. The van der Waals surface area contributed by atoms with E-state index in [2.05, 4.69) is 0 Å². The number of hydrogen-bond acceptors (Lipinski definition) is 3. The molecule has 0 aliphatic rings. The molecular weight excluding hydrogens is 314 g/mol. The van der Waals surface area contributed by atoms with Crippen molar-refractivity contribution in [3.63, 3.8) is 0 Å². The first-order valence-corrected chi connectivity index (χ1v) is 8.45. The van der Waals surface area contributed by atoms with E-state index in [9.17, 15) is 9.59 Å². The van der Waals surface area contributed by atoms with Crippen molar-refractivity contribution in [3.05, 3.63) is 60.2 Å². The van der Waals surface area contributed by atoms with E-state index in [1.165, 1.54) is 0 Å². The number of aryl methyl sites for hydroxylation is 1. The molecule has 0 aliphatic heterocycles. The van der Waals surface area contributed by atoms with Crippen LogP contribution in [0, 0.1) is 0 Å². The number of hydrogen-bond donors (Lipinski definition) is 0. The smallest absolute Gasteiger partial charge is 0.306 e. The van der Waals surface area contributed by atoms with Gasteiger partial charge in [-0.2, -0.15) is 0 Å². The van der Waals surface area contributed by atoms with Gasteiger partial charge in [-0.1, -0.05) is 55.5 Å². The Hall–Kier alpha value is -2.88. The summed E-state index contributed by atoms with van der Waals surface area (Å²) in [7, 11) is 1.95. The maximum atomic E-state index is 12.9. The minimum Gasteiger partial charge on any atom is -0.457 e. The average Bonchev–Trinajstić information content (AvgIpc) is 2.94. The molecule has 2 aromatic carbocycles. The second-order valence-electron chi connectivity index (χ2n) is 6.00. The maximum Gasteiger partial charge on any atom is 0.306 e. The molecule has 0 saturated heterocycles. The number of ether oxygens (including phenoxy) is 1. The van der Waals surface area contributed by atoms with Crippen LogP contribution < -0.4 is 0 Å². The fourth-order valence-electron chi connectivity index (χ4n) is 3.10. The van der Waals surface area contributed by atoms with Gasteiger partial charge in [-0.3, -0.25) is 9.59 Å². The van der Waals surface area contributed by atoms with Crippen molar-refractivity contribution >= 4 is 22.7 Å². The van der Waals surface area contributed by atoms with E-state index in [1.807, 2.05) is 73.1 Å². The summed E-state index contributed by atoms with van der Waals surface area (Å²) in [5, 5.41) is 0.875. The fourth-order valence-corrected chi connectivity index (χ4v) is 3.10. The molecule has 0 saturated carbocycles. The highest BCUT2D eigenvalue weighted by atomic mass is 16.5. The summed E-state index contributed by atoms with van der Waals surface area (Å²) >= 11 is 0. The Kier molecular flexibility index (Phi) is 4.98. The van der Waals surface area contributed by atoms with E-state index in [1.54, 1.807) is 0 Å². The quantitative estimate of drug-likeness (QED) is 0.496. The van der Waals surface area contributed by atoms with Crippen molar-refractivity contribution in [2.75, 3.05) is 6.61 Å². The SMILES string of the molecule is CCCC(=O)OCC(=O)c1c(-c2ccccc2)n(C)c2ccccc12. The molecule has 0 bridgehead atoms. The van der Waals surface area contributed by atoms with Gasteiger partial charge in [-0.25, -0.2) is 0 Å². The van der Waals surface area contributed by atoms with Crippen molar-refractivity contribution in [3.8, 4) is 11.3 Å². The third-order valence-electron chi connectivity index (χ3n) is 4.25. The number of esters is 1. The first kappa shape index (κ1) is 17.0. The monoisotopic (exact) mass is 335 g/mol. The first-order valence-electron chi connectivity index (χ1n) is 8.45. The number of aromatic nitrogens is 1. The molecule has 0 atom stereocenters. The van der Waals surface area contributed by atoms with Crippen LogP contribution in [0.2, 0.25) is 0 Å². The molecule has 0 radical (unpaired) electrons. The first-order chi connectivity index (χ1) is 12.1. The molecule has 0 aliphatic carbocycles. The summed E-state index contributed by atoms with van der Waals surface area (Å²) in [5.41, 5.74) is 3.39. The molecule has 0 amide bonds. The molecule has 4 heteroatoms. The molecule has 0 fully saturated rings. The van der Waals surface area contributed by atoms with Crippen LogP contribution in [-0.4, -0.2) is 22.9 Å². The van der Waals surface area contributed by atoms with Crippen molar-refractivity contribution in [1.82, 2.24) is 4.57 Å². The minimum atomic E-state index is -0.336. The number of Topliss-reactive ketones (excluding diaryl/α,β-unsaturated/α-hetero) is 1. The van der Waals surface area contributed by atoms with E-state index < -0.39 is 0 Å². The van der Waals surface area contributed by atoms with Gasteiger partial charge in [0, 0.05) is 24.4 Å². The zero-order valence-electron chi connectivity index (χ0n) is 14.5. The van der Waals surface area contributed by atoms with Gasteiger partial charge in [-0.05, 0) is 18.1 Å². The Bertz CT molecular complexity index is 910. The average molecular weight is 335 g/mol. The predicted octanol–water partition coefficient (Wildman–Crippen LogP) is 4.37. The highest BCUT2D eigenvalue weighted by Crippen LogP contribution is 2.33. The van der Waals surface area contributed by atoms with Gasteiger partial charge in [0.15, 0.2) is 6.61 Å². The maximum absolute atomic E-state index is 12.9. The second kappa shape index (κ2) is 7.34. The molecule has 25 heavy (non-hydrogen) atoms. The lowest BCUT2D eigenvalue weighted by molar-refractivity contribution is -0.142. The van der Waals surface area contributed by atoms with Gasteiger partial charge < -0.3 is 9.30 Å². The number of ketones is 1. The zero-order valence-corrected chi connectivity index (χ0v) is 14.5. The third-order valence-corrected chi connectivity index (χ3v) is 4.25. The van der Waals surface area contributed by atoms with Crippen molar-refractivity contribution in [2.45, 2.75) is 19.8 Å². The van der Waals surface area contributed by atoms with Crippen LogP contribution in [0.4, 0.5) is 0 Å². The fraction of sp³-hybridized carbons (Fsp3) is 0.238. The summed E-state index contributed by atoms with van der Waals surface area (Å²) in [6.07, 6.45) is 1.03. The zero-order chi connectivity index (χ0) is 17.8. The molecule has 4 nitrogen and oxygen atoms in total. The summed E-state index contributed by atoms with van der Waals surface area (Å²) in [6.45, 7) is 1.67. The number of carbonyl (C=O) groups excluding carboxylic acids is 2. The van der Waals surface area contributed by atoms with Crippen LogP contribution in [-0.2, 0) is 16.6 Å². The van der Waals surface area contributed by atoms with E-state index in [4.69, 9.17) is 4.74 Å². The van der Waals surface area contributed by atoms with Gasteiger partial charge in [-0.15, -0.1) is 0 Å². The van der Waals surface area contributed by atoms with Crippen LogP contribution in [0.1, 0.15) is 30.1 Å². The summed E-state index contributed by atoms with van der Waals surface area (Å²) in [4.78, 5) is 24.5. The molecule has 128 valence electrons. The van der Waals surface area contributed by atoms with Gasteiger partial charge >= 0.3 is 5.97 Å². The molecule has 1 aromatic heterocycles.